The van der Waals surface area contributed by atoms with Crippen LogP contribution in [0.3, 0.4) is 0 Å². The van der Waals surface area contributed by atoms with Gasteiger partial charge in [-0.2, -0.15) is 5.10 Å². The number of thiophene rings is 1. The SMILES string of the molecule is Cn1cc([C@H]2C[C@H]2C(=O)Nc2sc3c(c2C(=O)NC2CC2)CCC3)cn1. The van der Waals surface area contributed by atoms with Gasteiger partial charge in [-0.25, -0.2) is 0 Å². The summed E-state index contributed by atoms with van der Waals surface area (Å²) in [5.74, 6) is 0.246. The predicted octanol–water partition coefficient (Wildman–Crippen LogP) is 2.60. The minimum absolute atomic E-state index is 0.0122. The first-order valence-corrected chi connectivity index (χ1v) is 10.2. The Morgan fingerprint density at radius 3 is 2.88 bits per heavy atom. The van der Waals surface area contributed by atoms with Crippen LogP contribution in [0.2, 0.25) is 0 Å². The summed E-state index contributed by atoms with van der Waals surface area (Å²) in [7, 11) is 1.89. The first kappa shape index (κ1) is 16.1. The number of rotatable bonds is 5. The van der Waals surface area contributed by atoms with Gasteiger partial charge in [0.1, 0.15) is 5.00 Å². The Kier molecular flexibility index (Phi) is 3.67. The van der Waals surface area contributed by atoms with Crippen molar-refractivity contribution in [1.82, 2.24) is 15.1 Å². The first-order chi connectivity index (χ1) is 12.6. The van der Waals surface area contributed by atoms with Gasteiger partial charge in [-0.15, -0.1) is 11.3 Å². The van der Waals surface area contributed by atoms with Crippen LogP contribution in [0.25, 0.3) is 0 Å². The Hall–Kier alpha value is -2.15. The molecule has 2 atom stereocenters. The van der Waals surface area contributed by atoms with Gasteiger partial charge in [-0.05, 0) is 55.6 Å². The van der Waals surface area contributed by atoms with E-state index in [2.05, 4.69) is 15.7 Å². The molecule has 26 heavy (non-hydrogen) atoms. The molecule has 2 aromatic heterocycles. The van der Waals surface area contributed by atoms with E-state index in [0.717, 1.165) is 60.2 Å². The number of hydrogen-bond donors (Lipinski definition) is 2. The summed E-state index contributed by atoms with van der Waals surface area (Å²) in [6, 6.07) is 0.321. The third-order valence-corrected chi connectivity index (χ3v) is 6.79. The van der Waals surface area contributed by atoms with E-state index in [1.165, 1.54) is 4.88 Å². The number of carbonyl (C=O) groups excluding carboxylic acids is 2. The molecule has 2 aromatic rings. The van der Waals surface area contributed by atoms with Gasteiger partial charge in [0.05, 0.1) is 11.8 Å². The first-order valence-electron chi connectivity index (χ1n) is 9.35. The van der Waals surface area contributed by atoms with E-state index in [4.69, 9.17) is 0 Å². The highest BCUT2D eigenvalue weighted by Gasteiger charge is 2.45. The van der Waals surface area contributed by atoms with Gasteiger partial charge in [-0.1, -0.05) is 0 Å². The van der Waals surface area contributed by atoms with E-state index in [9.17, 15) is 9.59 Å². The van der Waals surface area contributed by atoms with Crippen LogP contribution in [0.15, 0.2) is 12.4 Å². The second-order valence-electron chi connectivity index (χ2n) is 7.69. The van der Waals surface area contributed by atoms with Crippen LogP contribution in [-0.2, 0) is 24.7 Å². The highest BCUT2D eigenvalue weighted by atomic mass is 32.1. The Balaban J connectivity index is 1.34. The maximum Gasteiger partial charge on any atom is 0.254 e. The monoisotopic (exact) mass is 370 g/mol. The van der Waals surface area contributed by atoms with Crippen molar-refractivity contribution in [1.29, 1.82) is 0 Å². The van der Waals surface area contributed by atoms with Gasteiger partial charge in [-0.3, -0.25) is 14.3 Å². The molecule has 6 nitrogen and oxygen atoms in total. The van der Waals surface area contributed by atoms with Crippen molar-refractivity contribution in [3.63, 3.8) is 0 Å². The highest BCUT2D eigenvalue weighted by Crippen LogP contribution is 2.48. The number of carbonyl (C=O) groups is 2. The van der Waals surface area contributed by atoms with E-state index in [0.29, 0.717) is 6.04 Å². The molecule has 7 heteroatoms. The molecule has 0 unspecified atom stereocenters. The molecule has 0 aliphatic heterocycles. The molecule has 2 heterocycles. The van der Waals surface area contributed by atoms with Crippen molar-refractivity contribution < 1.29 is 9.59 Å². The molecule has 0 aromatic carbocycles. The molecule has 3 aliphatic rings. The second-order valence-corrected chi connectivity index (χ2v) is 8.80. The molecule has 2 N–H and O–H groups in total. The molecule has 0 saturated heterocycles. The van der Waals surface area contributed by atoms with E-state index in [1.54, 1.807) is 16.0 Å². The lowest BCUT2D eigenvalue weighted by atomic mass is 10.1. The Morgan fingerprint density at radius 2 is 2.15 bits per heavy atom. The van der Waals surface area contributed by atoms with E-state index < -0.39 is 0 Å². The minimum Gasteiger partial charge on any atom is -0.349 e. The lowest BCUT2D eigenvalue weighted by Gasteiger charge is -2.09. The van der Waals surface area contributed by atoms with E-state index in [1.807, 2.05) is 19.4 Å². The lowest BCUT2D eigenvalue weighted by Crippen LogP contribution is -2.27. The number of aromatic nitrogens is 2. The third-order valence-electron chi connectivity index (χ3n) is 5.58. The van der Waals surface area contributed by atoms with Crippen molar-refractivity contribution in [3.8, 4) is 0 Å². The molecular formula is C19H22N4O2S. The van der Waals surface area contributed by atoms with Gasteiger partial charge in [0.2, 0.25) is 5.91 Å². The molecule has 2 fully saturated rings. The van der Waals surface area contributed by atoms with E-state index in [-0.39, 0.29) is 23.7 Å². The van der Waals surface area contributed by atoms with Crippen LogP contribution >= 0.6 is 11.3 Å². The molecule has 0 radical (unpaired) electrons. The summed E-state index contributed by atoms with van der Waals surface area (Å²) in [6.07, 6.45) is 9.86. The van der Waals surface area contributed by atoms with Crippen LogP contribution in [0.4, 0.5) is 5.00 Å². The van der Waals surface area contributed by atoms with Crippen LogP contribution in [0, 0.1) is 5.92 Å². The van der Waals surface area contributed by atoms with Crippen LogP contribution in [-0.4, -0.2) is 27.6 Å². The maximum absolute atomic E-state index is 12.7. The van der Waals surface area contributed by atoms with Crippen molar-refractivity contribution in [2.75, 3.05) is 5.32 Å². The largest absolute Gasteiger partial charge is 0.349 e. The molecule has 3 aliphatic carbocycles. The quantitative estimate of drug-likeness (QED) is 0.849. The number of nitrogens with one attached hydrogen (secondary N) is 2. The lowest BCUT2D eigenvalue weighted by molar-refractivity contribution is -0.117. The van der Waals surface area contributed by atoms with Gasteiger partial charge in [0, 0.05) is 30.1 Å². The molecule has 136 valence electrons. The fraction of sp³-hybridized carbons (Fsp3) is 0.526. The van der Waals surface area contributed by atoms with Crippen LogP contribution in [0.5, 0.6) is 0 Å². The Labute approximate surface area is 156 Å². The molecule has 0 bridgehead atoms. The number of anilines is 1. The maximum atomic E-state index is 12.7. The number of amides is 2. The molecule has 2 amide bonds. The summed E-state index contributed by atoms with van der Waals surface area (Å²) in [6.45, 7) is 0. The highest BCUT2D eigenvalue weighted by molar-refractivity contribution is 7.17. The fourth-order valence-electron chi connectivity index (χ4n) is 3.91. The zero-order chi connectivity index (χ0) is 17.8. The van der Waals surface area contributed by atoms with Crippen molar-refractivity contribution in [2.45, 2.75) is 50.5 Å². The van der Waals surface area contributed by atoms with Crippen molar-refractivity contribution in [3.05, 3.63) is 34.0 Å². The summed E-state index contributed by atoms with van der Waals surface area (Å²) in [5, 5.41) is 11.1. The Bertz CT molecular complexity index is 895. The van der Waals surface area contributed by atoms with Gasteiger partial charge in [0.15, 0.2) is 0 Å². The molecular weight excluding hydrogens is 348 g/mol. The Morgan fingerprint density at radius 1 is 1.31 bits per heavy atom. The summed E-state index contributed by atoms with van der Waals surface area (Å²) >= 11 is 1.59. The smallest absolute Gasteiger partial charge is 0.254 e. The summed E-state index contributed by atoms with van der Waals surface area (Å²) in [4.78, 5) is 26.7. The average Bonchev–Trinajstić information content (AvgIpc) is 3.45. The topological polar surface area (TPSA) is 76.0 Å². The summed E-state index contributed by atoms with van der Waals surface area (Å²) < 4.78 is 1.77. The van der Waals surface area contributed by atoms with Crippen LogP contribution in [0.1, 0.15) is 58.0 Å². The molecule has 0 spiro atoms. The van der Waals surface area contributed by atoms with Gasteiger partial charge >= 0.3 is 0 Å². The van der Waals surface area contributed by atoms with E-state index >= 15 is 0 Å². The summed E-state index contributed by atoms with van der Waals surface area (Å²) in [5.41, 5.74) is 3.00. The fourth-order valence-corrected chi connectivity index (χ4v) is 5.20. The third kappa shape index (κ3) is 2.84. The minimum atomic E-state index is -0.0181. The van der Waals surface area contributed by atoms with Crippen molar-refractivity contribution in [2.24, 2.45) is 13.0 Å². The predicted molar refractivity (Wildman–Crippen MR) is 99.5 cm³/mol. The normalized spacial score (nSPS) is 23.6. The van der Waals surface area contributed by atoms with Crippen LogP contribution < -0.4 is 10.6 Å². The standard InChI is InChI=1S/C19H22N4O2S/c1-23-9-10(8-20-23)13-7-14(13)17(24)22-19-16(18(25)21-11-5-6-11)12-3-2-4-15(12)26-19/h8-9,11,13-14H,2-7H2,1H3,(H,21,25)(H,22,24)/t13-,14-/m1/s1. The zero-order valence-corrected chi connectivity index (χ0v) is 15.6. The molecule has 2 saturated carbocycles. The van der Waals surface area contributed by atoms with Gasteiger partial charge < -0.3 is 10.6 Å². The number of nitrogens with zero attached hydrogens (tertiary/aromatic N) is 2. The van der Waals surface area contributed by atoms with Crippen molar-refractivity contribution >= 4 is 28.2 Å². The number of aryl methyl sites for hydroxylation is 2. The zero-order valence-electron chi connectivity index (χ0n) is 14.7. The molecule has 5 rings (SSSR count). The number of fused-ring (bicyclic) bond motifs is 1. The number of hydrogen-bond acceptors (Lipinski definition) is 4. The average molecular weight is 370 g/mol. The second kappa shape index (κ2) is 5.94. The van der Waals surface area contributed by atoms with Gasteiger partial charge in [0.25, 0.3) is 5.91 Å².